The van der Waals surface area contributed by atoms with Gasteiger partial charge in [-0.2, -0.15) is 0 Å². The van der Waals surface area contributed by atoms with E-state index in [2.05, 4.69) is 15.9 Å². The molecule has 0 amide bonds. The van der Waals surface area contributed by atoms with Crippen LogP contribution in [0.2, 0.25) is 5.02 Å². The molecule has 1 aromatic heterocycles. The van der Waals surface area contributed by atoms with Crippen LogP contribution in [0.15, 0.2) is 45.5 Å². The molecule has 0 radical (unpaired) electrons. The maximum Gasteiger partial charge on any atom is 0.153 e. The van der Waals surface area contributed by atoms with Gasteiger partial charge >= 0.3 is 0 Å². The molecule has 16 heavy (non-hydrogen) atoms. The molecular formula is C12H10BrClO2. The Morgan fingerprint density at radius 1 is 1.38 bits per heavy atom. The topological polar surface area (TPSA) is 33.4 Å². The second-order valence-electron chi connectivity index (χ2n) is 3.68. The summed E-state index contributed by atoms with van der Waals surface area (Å²) in [6.45, 7) is 1.67. The minimum absolute atomic E-state index is 0.467. The second-order valence-corrected chi connectivity index (χ2v) is 4.97. The highest BCUT2D eigenvalue weighted by Crippen LogP contribution is 2.35. The lowest BCUT2D eigenvalue weighted by Crippen LogP contribution is -2.22. The van der Waals surface area contributed by atoms with E-state index in [1.54, 1.807) is 37.3 Å². The fourth-order valence-corrected chi connectivity index (χ4v) is 2.34. The monoisotopic (exact) mass is 300 g/mol. The van der Waals surface area contributed by atoms with Crippen molar-refractivity contribution in [3.8, 4) is 0 Å². The zero-order valence-electron chi connectivity index (χ0n) is 8.58. The fourth-order valence-electron chi connectivity index (χ4n) is 1.56. The van der Waals surface area contributed by atoms with Gasteiger partial charge < -0.3 is 9.52 Å². The largest absolute Gasteiger partial charge is 0.465 e. The van der Waals surface area contributed by atoms with E-state index >= 15 is 0 Å². The molecule has 0 aliphatic heterocycles. The van der Waals surface area contributed by atoms with Crippen molar-refractivity contribution in [2.45, 2.75) is 12.5 Å². The van der Waals surface area contributed by atoms with Crippen molar-refractivity contribution in [1.29, 1.82) is 0 Å². The smallest absolute Gasteiger partial charge is 0.153 e. The average Bonchev–Trinajstić information content (AvgIpc) is 2.65. The van der Waals surface area contributed by atoms with Gasteiger partial charge in [-0.1, -0.05) is 23.7 Å². The number of furan rings is 1. The van der Waals surface area contributed by atoms with E-state index in [1.165, 1.54) is 6.26 Å². The first kappa shape index (κ1) is 11.7. The van der Waals surface area contributed by atoms with Crippen LogP contribution in [-0.4, -0.2) is 5.11 Å². The summed E-state index contributed by atoms with van der Waals surface area (Å²) >= 11 is 9.23. The summed E-state index contributed by atoms with van der Waals surface area (Å²) in [5.74, 6) is 0.467. The Hall–Kier alpha value is -0.770. The highest BCUT2D eigenvalue weighted by atomic mass is 79.9. The van der Waals surface area contributed by atoms with E-state index in [0.717, 1.165) is 4.47 Å². The van der Waals surface area contributed by atoms with Crippen LogP contribution in [0, 0.1) is 0 Å². The van der Waals surface area contributed by atoms with Gasteiger partial charge in [-0.15, -0.1) is 0 Å². The zero-order chi connectivity index (χ0) is 11.8. The summed E-state index contributed by atoms with van der Waals surface area (Å²) < 4.78 is 6.02. The first-order chi connectivity index (χ1) is 7.51. The summed E-state index contributed by atoms with van der Waals surface area (Å²) in [4.78, 5) is 0. The van der Waals surface area contributed by atoms with E-state index in [-0.39, 0.29) is 0 Å². The number of rotatable bonds is 2. The van der Waals surface area contributed by atoms with Crippen molar-refractivity contribution in [2.75, 3.05) is 0 Å². The van der Waals surface area contributed by atoms with Gasteiger partial charge in [0.2, 0.25) is 0 Å². The van der Waals surface area contributed by atoms with Crippen molar-refractivity contribution in [3.05, 3.63) is 57.4 Å². The molecule has 0 saturated heterocycles. The van der Waals surface area contributed by atoms with Crippen molar-refractivity contribution >= 4 is 27.5 Å². The van der Waals surface area contributed by atoms with Gasteiger partial charge in [-0.25, -0.2) is 0 Å². The van der Waals surface area contributed by atoms with Gasteiger partial charge in [0.15, 0.2) is 5.76 Å². The van der Waals surface area contributed by atoms with Gasteiger partial charge in [0.1, 0.15) is 5.60 Å². The molecule has 1 heterocycles. The summed E-state index contributed by atoms with van der Waals surface area (Å²) in [7, 11) is 0. The molecule has 1 unspecified atom stereocenters. The van der Waals surface area contributed by atoms with Crippen LogP contribution in [-0.2, 0) is 5.60 Å². The third kappa shape index (κ3) is 2.03. The predicted molar refractivity (Wildman–Crippen MR) is 66.5 cm³/mol. The van der Waals surface area contributed by atoms with Crippen molar-refractivity contribution in [2.24, 2.45) is 0 Å². The number of hydrogen-bond donors (Lipinski definition) is 1. The molecule has 84 valence electrons. The molecule has 1 atom stereocenters. The third-order valence-electron chi connectivity index (χ3n) is 2.45. The van der Waals surface area contributed by atoms with Crippen molar-refractivity contribution in [1.82, 2.24) is 0 Å². The van der Waals surface area contributed by atoms with Crippen LogP contribution in [0.3, 0.4) is 0 Å². The molecule has 0 aliphatic carbocycles. The Kier molecular flexibility index (Phi) is 3.10. The van der Waals surface area contributed by atoms with Gasteiger partial charge in [0.05, 0.1) is 10.7 Å². The Bertz CT molecular complexity index is 505. The molecule has 4 heteroatoms. The third-order valence-corrected chi connectivity index (χ3v) is 3.31. The summed E-state index contributed by atoms with van der Waals surface area (Å²) in [5.41, 5.74) is -0.511. The average molecular weight is 302 g/mol. The van der Waals surface area contributed by atoms with Crippen LogP contribution in [0.25, 0.3) is 0 Å². The molecule has 1 aromatic carbocycles. The Morgan fingerprint density at radius 2 is 2.12 bits per heavy atom. The maximum atomic E-state index is 10.5. The summed E-state index contributed by atoms with van der Waals surface area (Å²) in [6.07, 6.45) is 1.53. The summed E-state index contributed by atoms with van der Waals surface area (Å²) in [5, 5.41) is 11.1. The van der Waals surface area contributed by atoms with Crippen molar-refractivity contribution < 1.29 is 9.52 Å². The molecule has 0 spiro atoms. The van der Waals surface area contributed by atoms with E-state index in [1.807, 2.05) is 0 Å². The number of benzene rings is 1. The van der Waals surface area contributed by atoms with E-state index in [9.17, 15) is 5.11 Å². The molecule has 2 nitrogen and oxygen atoms in total. The minimum atomic E-state index is -1.20. The van der Waals surface area contributed by atoms with Crippen LogP contribution in [0.1, 0.15) is 18.2 Å². The van der Waals surface area contributed by atoms with Crippen LogP contribution < -0.4 is 0 Å². The molecule has 0 saturated carbocycles. The number of halogens is 2. The highest BCUT2D eigenvalue weighted by Gasteiger charge is 2.31. The predicted octanol–water partition coefficient (Wildman–Crippen LogP) is 3.95. The lowest BCUT2D eigenvalue weighted by molar-refractivity contribution is 0.0758. The Morgan fingerprint density at radius 3 is 2.69 bits per heavy atom. The van der Waals surface area contributed by atoms with Crippen LogP contribution in [0.5, 0.6) is 0 Å². The van der Waals surface area contributed by atoms with Crippen LogP contribution in [0.4, 0.5) is 0 Å². The normalized spacial score (nSPS) is 14.8. The van der Waals surface area contributed by atoms with Gasteiger partial charge in [-0.05, 0) is 46.6 Å². The van der Waals surface area contributed by atoms with E-state index in [0.29, 0.717) is 16.3 Å². The number of aliphatic hydroxyl groups is 1. The Labute approximate surface area is 107 Å². The molecule has 0 bridgehead atoms. The fraction of sp³-hybridized carbons (Fsp3) is 0.167. The zero-order valence-corrected chi connectivity index (χ0v) is 10.9. The van der Waals surface area contributed by atoms with Gasteiger partial charge in [0.25, 0.3) is 0 Å². The van der Waals surface area contributed by atoms with Gasteiger partial charge in [0, 0.05) is 5.02 Å². The van der Waals surface area contributed by atoms with Crippen molar-refractivity contribution in [3.63, 3.8) is 0 Å². The second kappa shape index (κ2) is 4.24. The van der Waals surface area contributed by atoms with E-state index < -0.39 is 5.60 Å². The summed E-state index contributed by atoms with van der Waals surface area (Å²) in [6, 6.07) is 8.83. The Balaban J connectivity index is 2.51. The van der Waals surface area contributed by atoms with Gasteiger partial charge in [-0.3, -0.25) is 0 Å². The lowest BCUT2D eigenvalue weighted by atomic mass is 9.93. The minimum Gasteiger partial charge on any atom is -0.465 e. The lowest BCUT2D eigenvalue weighted by Gasteiger charge is -2.22. The first-order valence-electron chi connectivity index (χ1n) is 4.73. The quantitative estimate of drug-likeness (QED) is 0.911. The molecular weight excluding hydrogens is 291 g/mol. The molecule has 0 fully saturated rings. The standard InChI is InChI=1S/C12H10BrClO2/c1-12(15,11-10(13)5-6-16-11)8-3-2-4-9(14)7-8/h2-7,15H,1H3. The molecule has 2 aromatic rings. The molecule has 1 N–H and O–H groups in total. The highest BCUT2D eigenvalue weighted by molar-refractivity contribution is 9.10. The molecule has 0 aliphatic rings. The SMILES string of the molecule is CC(O)(c1cccc(Cl)c1)c1occc1Br. The van der Waals surface area contributed by atoms with E-state index in [4.69, 9.17) is 16.0 Å². The number of hydrogen-bond acceptors (Lipinski definition) is 2. The van der Waals surface area contributed by atoms with Crippen LogP contribution >= 0.6 is 27.5 Å². The first-order valence-corrected chi connectivity index (χ1v) is 5.91. The molecule has 2 rings (SSSR count). The maximum absolute atomic E-state index is 10.5.